The molecule has 2 aromatic carbocycles. The molecular weight excluding hydrogens is 672 g/mol. The number of hydrogen-bond acceptors (Lipinski definition) is 8. The van der Waals surface area contributed by atoms with Gasteiger partial charge in [-0.15, -0.1) is 0 Å². The first kappa shape index (κ1) is 41.0. The van der Waals surface area contributed by atoms with Gasteiger partial charge >= 0.3 is 18.0 Å². The fourth-order valence-electron chi connectivity index (χ4n) is 5.80. The van der Waals surface area contributed by atoms with Crippen LogP contribution in [0.3, 0.4) is 0 Å². The lowest BCUT2D eigenvalue weighted by atomic mass is 10.00. The number of nitrogens with one attached hydrogen (secondary N) is 5. The van der Waals surface area contributed by atoms with Crippen LogP contribution in [-0.2, 0) is 39.9 Å². The van der Waals surface area contributed by atoms with Crippen LogP contribution in [0.25, 0.3) is 0 Å². The molecule has 3 rings (SSSR count). The number of methoxy groups -OCH3 is 1. The number of ether oxygens (including phenoxy) is 1. The molecule has 282 valence electrons. The molecule has 0 radical (unpaired) electrons. The zero-order chi connectivity index (χ0) is 38.5. The largest absolute Gasteiger partial charge is 0.480 e. The number of urea groups is 1. The van der Waals surface area contributed by atoms with Gasteiger partial charge in [0.2, 0.25) is 23.6 Å². The minimum atomic E-state index is -1.46. The van der Waals surface area contributed by atoms with E-state index in [-0.39, 0.29) is 25.3 Å². The molecule has 1 aliphatic rings. The number of amides is 6. The van der Waals surface area contributed by atoms with Gasteiger partial charge in [-0.1, -0.05) is 58.0 Å². The molecule has 1 saturated heterocycles. The van der Waals surface area contributed by atoms with Gasteiger partial charge in [-0.3, -0.25) is 24.0 Å². The van der Waals surface area contributed by atoms with Crippen LogP contribution < -0.4 is 26.6 Å². The quantitative estimate of drug-likeness (QED) is 0.140. The smallest absolute Gasteiger partial charge is 0.326 e. The van der Waals surface area contributed by atoms with Crippen molar-refractivity contribution in [3.05, 3.63) is 59.7 Å². The molecule has 52 heavy (non-hydrogen) atoms. The highest BCUT2D eigenvalue weighted by Crippen LogP contribution is 2.21. The Kier molecular flexibility index (Phi) is 15.1. The summed E-state index contributed by atoms with van der Waals surface area (Å²) in [6, 6.07) is 8.90. The Morgan fingerprint density at radius 3 is 2.12 bits per heavy atom. The van der Waals surface area contributed by atoms with Crippen molar-refractivity contribution in [3.8, 4) is 0 Å². The average Bonchev–Trinajstić information content (AvgIpc) is 3.58. The van der Waals surface area contributed by atoms with Gasteiger partial charge in [-0.05, 0) is 67.3 Å². The van der Waals surface area contributed by atoms with Gasteiger partial charge in [0.05, 0.1) is 20.0 Å². The summed E-state index contributed by atoms with van der Waals surface area (Å²) in [5.41, 5.74) is 2.70. The minimum absolute atomic E-state index is 0.0503. The van der Waals surface area contributed by atoms with E-state index in [0.717, 1.165) is 12.7 Å². The second-order valence-electron chi connectivity index (χ2n) is 13.6. The SMILES string of the molecule is COC(=O)C[C@H](NC(=O)[C@H](CC(C)C)NC(=O)Cc1ccc(NC(=O)Nc2ccccc2C)cc1)C(=O)N[C@H](C(=O)N1CCC[C@H]1C(=O)O)C(C)C. The molecule has 4 atom stereocenters. The molecule has 1 aliphatic heterocycles. The number of carboxylic acid groups (broad SMARTS) is 1. The summed E-state index contributed by atoms with van der Waals surface area (Å²) in [6.45, 7) is 9.18. The number of esters is 1. The molecule has 1 fully saturated rings. The van der Waals surface area contributed by atoms with Crippen LogP contribution in [0.2, 0.25) is 0 Å². The lowest BCUT2D eigenvalue weighted by Crippen LogP contribution is -2.59. The average molecular weight is 723 g/mol. The van der Waals surface area contributed by atoms with Crippen molar-refractivity contribution in [2.75, 3.05) is 24.3 Å². The number of para-hydroxylation sites is 1. The van der Waals surface area contributed by atoms with Crippen molar-refractivity contribution in [1.82, 2.24) is 20.9 Å². The number of carbonyl (C=O) groups excluding carboxylic acids is 6. The Morgan fingerprint density at radius 2 is 1.52 bits per heavy atom. The summed E-state index contributed by atoms with van der Waals surface area (Å²) in [6.07, 6.45) is 0.360. The van der Waals surface area contributed by atoms with Gasteiger partial charge in [0, 0.05) is 17.9 Å². The third-order valence-corrected chi connectivity index (χ3v) is 8.61. The van der Waals surface area contributed by atoms with Crippen LogP contribution in [0, 0.1) is 18.8 Å². The van der Waals surface area contributed by atoms with Gasteiger partial charge in [-0.25, -0.2) is 9.59 Å². The molecule has 1 heterocycles. The molecule has 6 N–H and O–H groups in total. The maximum atomic E-state index is 13.6. The summed E-state index contributed by atoms with van der Waals surface area (Å²) in [5.74, 6) is -5.04. The zero-order valence-corrected chi connectivity index (χ0v) is 30.5. The van der Waals surface area contributed by atoms with Crippen LogP contribution in [0.1, 0.15) is 64.5 Å². The third-order valence-electron chi connectivity index (χ3n) is 8.61. The second-order valence-corrected chi connectivity index (χ2v) is 13.6. The van der Waals surface area contributed by atoms with Gasteiger partial charge in [0.25, 0.3) is 0 Å². The second kappa shape index (κ2) is 19.2. The number of aryl methyl sites for hydroxylation is 1. The Morgan fingerprint density at radius 1 is 0.865 bits per heavy atom. The van der Waals surface area contributed by atoms with E-state index in [4.69, 9.17) is 4.74 Å². The van der Waals surface area contributed by atoms with Crippen molar-refractivity contribution in [2.24, 2.45) is 11.8 Å². The molecule has 0 saturated carbocycles. The topological polar surface area (TPSA) is 212 Å². The van der Waals surface area contributed by atoms with Crippen LogP contribution >= 0.6 is 0 Å². The Labute approximate surface area is 303 Å². The number of benzene rings is 2. The van der Waals surface area contributed by atoms with E-state index in [2.05, 4.69) is 26.6 Å². The van der Waals surface area contributed by atoms with Crippen molar-refractivity contribution < 1.29 is 43.4 Å². The molecular formula is C37H50N6O9. The van der Waals surface area contributed by atoms with Crippen LogP contribution in [-0.4, -0.2) is 89.4 Å². The van der Waals surface area contributed by atoms with Crippen LogP contribution in [0.15, 0.2) is 48.5 Å². The predicted molar refractivity (Wildman–Crippen MR) is 193 cm³/mol. The molecule has 0 aromatic heterocycles. The number of rotatable bonds is 16. The molecule has 0 aliphatic carbocycles. The maximum Gasteiger partial charge on any atom is 0.326 e. The van der Waals surface area contributed by atoms with Crippen molar-refractivity contribution in [1.29, 1.82) is 0 Å². The minimum Gasteiger partial charge on any atom is -0.480 e. The van der Waals surface area contributed by atoms with Crippen LogP contribution in [0.5, 0.6) is 0 Å². The standard InChI is InChI=1S/C37H50N6O9/c1-21(2)18-27(39-30(44)19-24-13-15-25(16-14-24)38-37(51)41-26-11-8-7-10-23(26)5)33(46)40-28(20-31(45)52-6)34(47)42-32(22(3)4)35(48)43-17-9-12-29(43)36(49)50/h7-8,10-11,13-16,21-22,27-29,32H,9,12,17-20H2,1-6H3,(H,39,44)(H,40,46)(H,42,47)(H,49,50)(H2,38,41,51)/t27-,28-,29-,32-/m0/s1. The first-order chi connectivity index (χ1) is 24.6. The fraction of sp³-hybridized carbons (Fsp3) is 0.486. The molecule has 2 aromatic rings. The first-order valence-corrected chi connectivity index (χ1v) is 17.3. The monoisotopic (exact) mass is 722 g/mol. The number of carboxylic acids is 1. The molecule has 0 unspecified atom stereocenters. The summed E-state index contributed by atoms with van der Waals surface area (Å²) in [4.78, 5) is 91.4. The Hall–Kier alpha value is -5.47. The molecule has 0 bridgehead atoms. The van der Waals surface area contributed by atoms with Crippen molar-refractivity contribution in [3.63, 3.8) is 0 Å². The predicted octanol–water partition coefficient (Wildman–Crippen LogP) is 2.98. The van der Waals surface area contributed by atoms with E-state index in [9.17, 15) is 38.7 Å². The van der Waals surface area contributed by atoms with E-state index in [0.29, 0.717) is 29.8 Å². The van der Waals surface area contributed by atoms with Crippen molar-refractivity contribution >= 4 is 53.0 Å². The van der Waals surface area contributed by atoms with Crippen molar-refractivity contribution in [2.45, 2.75) is 90.9 Å². The highest BCUT2D eigenvalue weighted by atomic mass is 16.5. The third kappa shape index (κ3) is 12.1. The van der Waals surface area contributed by atoms with Gasteiger partial charge < -0.3 is 41.3 Å². The van der Waals surface area contributed by atoms with E-state index in [1.54, 1.807) is 44.2 Å². The van der Waals surface area contributed by atoms with E-state index >= 15 is 0 Å². The van der Waals surface area contributed by atoms with Crippen LogP contribution in [0.4, 0.5) is 16.2 Å². The number of nitrogens with zero attached hydrogens (tertiary/aromatic N) is 1. The fourth-order valence-corrected chi connectivity index (χ4v) is 5.80. The van der Waals surface area contributed by atoms with Gasteiger partial charge in [0.1, 0.15) is 24.2 Å². The normalized spacial score (nSPS) is 15.6. The molecule has 15 nitrogen and oxygen atoms in total. The number of anilines is 2. The Balaban J connectivity index is 1.67. The molecule has 15 heteroatoms. The number of carbonyl (C=O) groups is 7. The summed E-state index contributed by atoms with van der Waals surface area (Å²) in [5, 5.41) is 23.0. The number of likely N-dealkylation sites (tertiary alicyclic amines) is 1. The zero-order valence-electron chi connectivity index (χ0n) is 30.5. The first-order valence-electron chi connectivity index (χ1n) is 17.3. The van der Waals surface area contributed by atoms with E-state index in [1.165, 1.54) is 4.90 Å². The highest BCUT2D eigenvalue weighted by Gasteiger charge is 2.40. The number of hydrogen-bond donors (Lipinski definition) is 6. The van der Waals surface area contributed by atoms with E-state index in [1.807, 2.05) is 39.0 Å². The summed E-state index contributed by atoms with van der Waals surface area (Å²) in [7, 11) is 1.13. The van der Waals surface area contributed by atoms with Gasteiger partial charge in [0.15, 0.2) is 0 Å². The lowest BCUT2D eigenvalue weighted by molar-refractivity contribution is -0.150. The van der Waals surface area contributed by atoms with E-state index < -0.39 is 78.1 Å². The van der Waals surface area contributed by atoms with Gasteiger partial charge in [-0.2, -0.15) is 0 Å². The molecule has 6 amide bonds. The highest BCUT2D eigenvalue weighted by molar-refractivity contribution is 6.00. The lowest BCUT2D eigenvalue weighted by Gasteiger charge is -2.31. The summed E-state index contributed by atoms with van der Waals surface area (Å²) < 4.78 is 4.74. The maximum absolute atomic E-state index is 13.6. The Bertz CT molecular complexity index is 1610. The summed E-state index contributed by atoms with van der Waals surface area (Å²) >= 11 is 0. The number of aliphatic carboxylic acids is 1. The molecule has 0 spiro atoms.